The van der Waals surface area contributed by atoms with Crippen molar-refractivity contribution in [3.8, 4) is 5.75 Å². The Hall–Kier alpha value is -3.02. The van der Waals surface area contributed by atoms with E-state index in [4.69, 9.17) is 4.74 Å². The highest BCUT2D eigenvalue weighted by Crippen LogP contribution is 2.41. The van der Waals surface area contributed by atoms with Gasteiger partial charge < -0.3 is 9.64 Å². The molecule has 0 radical (unpaired) electrons. The first-order chi connectivity index (χ1) is 13.5. The minimum atomic E-state index is -0.759. The number of methoxy groups -OCH3 is 1. The third kappa shape index (κ3) is 3.19. The number of hydrogen-bond donors (Lipinski definition) is 0. The minimum absolute atomic E-state index is 0.0924. The highest BCUT2D eigenvalue weighted by atomic mass is 19.1. The Balaban J connectivity index is 1.91. The van der Waals surface area contributed by atoms with E-state index in [1.165, 1.54) is 6.07 Å². The lowest BCUT2D eigenvalue weighted by molar-refractivity contribution is 0.413. The predicted octanol–water partition coefficient (Wildman–Crippen LogP) is 5.40. The maximum Gasteiger partial charge on any atom is 0.149 e. The van der Waals surface area contributed by atoms with E-state index in [-0.39, 0.29) is 11.3 Å². The van der Waals surface area contributed by atoms with Crippen LogP contribution >= 0.6 is 0 Å². The summed E-state index contributed by atoms with van der Waals surface area (Å²) < 4.78 is 61.8. The summed E-state index contributed by atoms with van der Waals surface area (Å²) in [5.41, 5.74) is 1.86. The Morgan fingerprint density at radius 2 is 1.57 bits per heavy atom. The Kier molecular flexibility index (Phi) is 4.71. The van der Waals surface area contributed by atoms with Gasteiger partial charge >= 0.3 is 0 Å². The molecule has 6 heteroatoms. The van der Waals surface area contributed by atoms with Crippen LogP contribution in [0.1, 0.15) is 22.7 Å². The largest absolute Gasteiger partial charge is 0.497 e. The molecule has 2 nitrogen and oxygen atoms in total. The van der Waals surface area contributed by atoms with Crippen molar-refractivity contribution in [1.82, 2.24) is 0 Å². The van der Waals surface area contributed by atoms with Crippen LogP contribution in [0.5, 0.6) is 5.75 Å². The molecule has 3 aromatic rings. The molecular weight excluding hydrogens is 370 g/mol. The average molecular weight is 387 g/mol. The zero-order chi connectivity index (χ0) is 19.8. The van der Waals surface area contributed by atoms with Gasteiger partial charge in [0, 0.05) is 18.2 Å². The highest BCUT2D eigenvalue weighted by Gasteiger charge is 2.32. The fourth-order valence-electron chi connectivity index (χ4n) is 3.76. The molecule has 0 spiro atoms. The Bertz CT molecular complexity index is 1040. The summed E-state index contributed by atoms with van der Waals surface area (Å²) in [5.74, 6) is -1.98. The van der Waals surface area contributed by atoms with Gasteiger partial charge in [0.15, 0.2) is 0 Å². The molecule has 0 aromatic heterocycles. The molecule has 1 atom stereocenters. The summed E-state index contributed by atoms with van der Waals surface area (Å²) in [5, 5.41) is 0. The average Bonchev–Trinajstić information content (AvgIpc) is 2.69. The molecule has 1 heterocycles. The standard InChI is InChI=1S/C22H17F4NO/c1-28-16-4-5-17-13(10-16)8-9-27(21-7-3-15(24)12-20(21)26)22(17)18-11-14(23)2-6-19(18)25/h2-7,10-12,22H,8-9H2,1H3/t22-/m0/s1. The van der Waals surface area contributed by atoms with Crippen molar-refractivity contribution in [2.24, 2.45) is 0 Å². The number of nitrogens with zero attached hydrogens (tertiary/aromatic N) is 1. The van der Waals surface area contributed by atoms with E-state index >= 15 is 0 Å². The molecule has 3 aromatic carbocycles. The third-order valence-corrected chi connectivity index (χ3v) is 5.05. The number of ether oxygens (including phenoxy) is 1. The van der Waals surface area contributed by atoms with Crippen LogP contribution < -0.4 is 9.64 Å². The second-order valence-corrected chi connectivity index (χ2v) is 6.67. The van der Waals surface area contributed by atoms with Crippen molar-refractivity contribution in [3.63, 3.8) is 0 Å². The van der Waals surface area contributed by atoms with E-state index in [0.29, 0.717) is 18.7 Å². The quantitative estimate of drug-likeness (QED) is 0.558. The van der Waals surface area contributed by atoms with Crippen LogP contribution in [0.15, 0.2) is 54.6 Å². The first-order valence-corrected chi connectivity index (χ1v) is 8.81. The molecule has 0 unspecified atom stereocenters. The van der Waals surface area contributed by atoms with Crippen molar-refractivity contribution >= 4 is 5.69 Å². The SMILES string of the molecule is COc1ccc2c(c1)CCN(c1ccc(F)cc1F)[C@@H]2c1cc(F)ccc1F. The fourth-order valence-corrected chi connectivity index (χ4v) is 3.76. The Labute approximate surface area is 160 Å². The van der Waals surface area contributed by atoms with Crippen LogP contribution in [0.25, 0.3) is 0 Å². The van der Waals surface area contributed by atoms with Gasteiger partial charge in [-0.1, -0.05) is 6.07 Å². The number of anilines is 1. The van der Waals surface area contributed by atoms with Crippen LogP contribution in [0.2, 0.25) is 0 Å². The normalized spacial score (nSPS) is 16.0. The molecule has 0 aliphatic carbocycles. The smallest absolute Gasteiger partial charge is 0.149 e. The van der Waals surface area contributed by atoms with Gasteiger partial charge in [-0.2, -0.15) is 0 Å². The van der Waals surface area contributed by atoms with Crippen molar-refractivity contribution in [1.29, 1.82) is 0 Å². The van der Waals surface area contributed by atoms with Crippen LogP contribution in [-0.2, 0) is 6.42 Å². The lowest BCUT2D eigenvalue weighted by Crippen LogP contribution is -2.37. The van der Waals surface area contributed by atoms with Gasteiger partial charge in [0.25, 0.3) is 0 Å². The number of hydrogen-bond acceptors (Lipinski definition) is 2. The van der Waals surface area contributed by atoms with Gasteiger partial charge in [-0.25, -0.2) is 17.6 Å². The third-order valence-electron chi connectivity index (χ3n) is 5.05. The molecular formula is C22H17F4NO. The topological polar surface area (TPSA) is 12.5 Å². The summed E-state index contributed by atoms with van der Waals surface area (Å²) in [7, 11) is 1.55. The summed E-state index contributed by atoms with van der Waals surface area (Å²) >= 11 is 0. The van der Waals surface area contributed by atoms with E-state index in [1.807, 2.05) is 6.07 Å². The van der Waals surface area contributed by atoms with Gasteiger partial charge in [0.1, 0.15) is 29.0 Å². The molecule has 0 fully saturated rings. The van der Waals surface area contributed by atoms with Gasteiger partial charge in [-0.3, -0.25) is 0 Å². The molecule has 4 rings (SSSR count). The monoisotopic (exact) mass is 387 g/mol. The summed E-state index contributed by atoms with van der Waals surface area (Å²) in [6.45, 7) is 0.351. The minimum Gasteiger partial charge on any atom is -0.497 e. The number of benzene rings is 3. The first kappa shape index (κ1) is 18.3. The molecule has 0 amide bonds. The molecule has 0 bridgehead atoms. The first-order valence-electron chi connectivity index (χ1n) is 8.81. The zero-order valence-corrected chi connectivity index (χ0v) is 15.1. The molecule has 28 heavy (non-hydrogen) atoms. The number of fused-ring (bicyclic) bond motifs is 1. The lowest BCUT2D eigenvalue weighted by atomic mass is 9.87. The fraction of sp³-hybridized carbons (Fsp3) is 0.182. The maximum absolute atomic E-state index is 14.7. The molecule has 0 saturated heterocycles. The van der Waals surface area contributed by atoms with E-state index < -0.39 is 29.3 Å². The summed E-state index contributed by atoms with van der Waals surface area (Å²) in [4.78, 5) is 1.64. The summed E-state index contributed by atoms with van der Waals surface area (Å²) in [6.07, 6.45) is 0.552. The second kappa shape index (κ2) is 7.19. The molecule has 1 aliphatic rings. The van der Waals surface area contributed by atoms with Crippen LogP contribution in [0.3, 0.4) is 0 Å². The second-order valence-electron chi connectivity index (χ2n) is 6.67. The zero-order valence-electron chi connectivity index (χ0n) is 15.1. The Morgan fingerprint density at radius 1 is 0.821 bits per heavy atom. The lowest BCUT2D eigenvalue weighted by Gasteiger charge is -2.39. The van der Waals surface area contributed by atoms with Gasteiger partial charge in [0.2, 0.25) is 0 Å². The van der Waals surface area contributed by atoms with Gasteiger partial charge in [0.05, 0.1) is 18.8 Å². The summed E-state index contributed by atoms with van der Waals surface area (Å²) in [6, 6.07) is 11.1. The molecule has 144 valence electrons. The molecule has 0 N–H and O–H groups in total. The Morgan fingerprint density at radius 3 is 2.32 bits per heavy atom. The van der Waals surface area contributed by atoms with Gasteiger partial charge in [-0.05, 0) is 60.0 Å². The van der Waals surface area contributed by atoms with Crippen LogP contribution in [0, 0.1) is 23.3 Å². The van der Waals surface area contributed by atoms with Crippen molar-refractivity contribution in [2.45, 2.75) is 12.5 Å². The van der Waals surface area contributed by atoms with E-state index in [2.05, 4.69) is 0 Å². The number of halogens is 4. The van der Waals surface area contributed by atoms with Crippen molar-refractivity contribution in [3.05, 3.63) is 94.6 Å². The maximum atomic E-state index is 14.7. The van der Waals surface area contributed by atoms with E-state index in [1.54, 1.807) is 24.1 Å². The van der Waals surface area contributed by atoms with Crippen molar-refractivity contribution in [2.75, 3.05) is 18.6 Å². The predicted molar refractivity (Wildman–Crippen MR) is 98.6 cm³/mol. The molecule has 0 saturated carbocycles. The van der Waals surface area contributed by atoms with Crippen LogP contribution in [-0.4, -0.2) is 13.7 Å². The number of rotatable bonds is 3. The van der Waals surface area contributed by atoms with Gasteiger partial charge in [-0.15, -0.1) is 0 Å². The van der Waals surface area contributed by atoms with E-state index in [9.17, 15) is 17.6 Å². The van der Waals surface area contributed by atoms with Crippen LogP contribution in [0.4, 0.5) is 23.2 Å². The molecule has 1 aliphatic heterocycles. The van der Waals surface area contributed by atoms with Crippen molar-refractivity contribution < 1.29 is 22.3 Å². The highest BCUT2D eigenvalue weighted by molar-refractivity contribution is 5.57. The van der Waals surface area contributed by atoms with E-state index in [0.717, 1.165) is 41.5 Å².